The summed E-state index contributed by atoms with van der Waals surface area (Å²) in [6.07, 6.45) is 0.952. The minimum absolute atomic E-state index is 0. The maximum Gasteiger partial charge on any atom is 0.219 e. The number of thiocarbonyl (C=S) groups is 1. The van der Waals surface area contributed by atoms with E-state index in [-0.39, 0.29) is 27.8 Å². The Kier molecular flexibility index (Phi) is 9.12. The normalized spacial score (nSPS) is 15.0. The van der Waals surface area contributed by atoms with Crippen molar-refractivity contribution >= 4 is 51.6 Å². The van der Waals surface area contributed by atoms with Crippen LogP contribution in [0.5, 0.6) is 0 Å². The first-order valence-electron chi connectivity index (χ1n) is 7.05. The molecule has 2 rings (SSSR count). The van der Waals surface area contributed by atoms with Gasteiger partial charge < -0.3 is 10.1 Å². The lowest BCUT2D eigenvalue weighted by molar-refractivity contribution is 0.0376. The van der Waals surface area contributed by atoms with Gasteiger partial charge in [0.05, 0.1) is 13.2 Å². The van der Waals surface area contributed by atoms with E-state index in [0.29, 0.717) is 17.1 Å². The molecule has 0 saturated carbocycles. The number of hydrogen-bond acceptors (Lipinski definition) is 4. The minimum atomic E-state index is -0.159. The molecule has 122 valence electrons. The van der Waals surface area contributed by atoms with E-state index in [1.165, 1.54) is 0 Å². The molecule has 1 aromatic rings. The number of nitrogens with one attached hydrogen (secondary N) is 1. The second kappa shape index (κ2) is 10.3. The maximum absolute atomic E-state index is 12.1. The lowest BCUT2D eigenvalue weighted by Gasteiger charge is -2.26. The van der Waals surface area contributed by atoms with Crippen molar-refractivity contribution in [3.63, 3.8) is 0 Å². The molecule has 0 spiro atoms. The van der Waals surface area contributed by atoms with Crippen molar-refractivity contribution in [1.82, 2.24) is 10.2 Å². The zero-order valence-electron chi connectivity index (χ0n) is 12.2. The number of carbonyl (C=O) groups is 1. The Hall–Kier alpha value is -0.530. The van der Waals surface area contributed by atoms with Gasteiger partial charge in [-0.1, -0.05) is 23.8 Å². The fraction of sp³-hybridized carbons (Fsp3) is 0.467. The van der Waals surface area contributed by atoms with E-state index in [4.69, 9.17) is 28.6 Å². The molecule has 0 radical (unpaired) electrons. The third-order valence-electron chi connectivity index (χ3n) is 3.35. The van der Waals surface area contributed by atoms with E-state index >= 15 is 0 Å². The Bertz CT molecular complexity index is 493. The number of ketones is 1. The molecule has 1 aliphatic rings. The molecule has 4 nitrogen and oxygen atoms in total. The molecule has 1 heterocycles. The second-order valence-electron chi connectivity index (χ2n) is 4.90. The van der Waals surface area contributed by atoms with Gasteiger partial charge in [0, 0.05) is 30.2 Å². The van der Waals surface area contributed by atoms with Gasteiger partial charge in [0.2, 0.25) is 5.78 Å². The highest BCUT2D eigenvalue weighted by Gasteiger charge is 2.12. The Morgan fingerprint density at radius 1 is 1.27 bits per heavy atom. The van der Waals surface area contributed by atoms with Crippen LogP contribution in [0.2, 0.25) is 5.02 Å². The molecular weight excluding hydrogens is 388 g/mol. The van der Waals surface area contributed by atoms with Crippen LogP contribution in [0, 0.1) is 0 Å². The quantitative estimate of drug-likeness (QED) is 0.446. The molecule has 0 amide bonds. The molecule has 1 aliphatic heterocycles. The average Bonchev–Trinajstić information content (AvgIpc) is 2.52. The fourth-order valence-corrected chi connectivity index (χ4v) is 2.49. The third-order valence-corrected chi connectivity index (χ3v) is 3.93. The predicted octanol–water partition coefficient (Wildman–Crippen LogP) is 2.74. The minimum Gasteiger partial charge on any atom is -0.379 e. The molecule has 7 heteroatoms. The summed E-state index contributed by atoms with van der Waals surface area (Å²) < 4.78 is 5.30. The van der Waals surface area contributed by atoms with Crippen molar-refractivity contribution in [3.8, 4) is 0 Å². The highest BCUT2D eigenvalue weighted by molar-refractivity contribution is 8.93. The summed E-state index contributed by atoms with van der Waals surface area (Å²) in [5.41, 5.74) is 0.560. The number of nitrogens with zero attached hydrogens (tertiary/aromatic N) is 1. The lowest BCUT2D eigenvalue weighted by Crippen LogP contribution is -2.38. The van der Waals surface area contributed by atoms with Gasteiger partial charge in [-0.25, -0.2) is 0 Å². The highest BCUT2D eigenvalue weighted by Crippen LogP contribution is 2.10. The fourth-order valence-electron chi connectivity index (χ4n) is 2.14. The summed E-state index contributed by atoms with van der Waals surface area (Å²) in [5, 5.41) is 3.63. The monoisotopic (exact) mass is 406 g/mol. The van der Waals surface area contributed by atoms with E-state index < -0.39 is 0 Å². The van der Waals surface area contributed by atoms with Crippen molar-refractivity contribution in [2.24, 2.45) is 0 Å². The third kappa shape index (κ3) is 6.30. The van der Waals surface area contributed by atoms with Crippen molar-refractivity contribution in [1.29, 1.82) is 0 Å². The summed E-state index contributed by atoms with van der Waals surface area (Å²) in [5.74, 6) is -0.159. The first kappa shape index (κ1) is 19.5. The van der Waals surface area contributed by atoms with E-state index in [1.54, 1.807) is 24.3 Å². The smallest absolute Gasteiger partial charge is 0.219 e. The first-order valence-corrected chi connectivity index (χ1v) is 7.83. The molecule has 1 fully saturated rings. The van der Waals surface area contributed by atoms with Crippen molar-refractivity contribution in [3.05, 3.63) is 34.9 Å². The Balaban J connectivity index is 0.00000242. The van der Waals surface area contributed by atoms with Crippen molar-refractivity contribution in [2.75, 3.05) is 39.4 Å². The van der Waals surface area contributed by atoms with Crippen LogP contribution in [0.3, 0.4) is 0 Å². The van der Waals surface area contributed by atoms with Crippen LogP contribution in [0.4, 0.5) is 0 Å². The molecule has 1 N–H and O–H groups in total. The number of morpholine rings is 1. The van der Waals surface area contributed by atoms with Crippen LogP contribution in [0.25, 0.3) is 0 Å². The standard InChI is InChI=1S/C15H19ClN2O2S.BrH/c16-13-4-2-12(3-5-13)14(19)15(21)17-6-1-7-18-8-10-20-11-9-18;/h2-5H,1,6-11H2,(H,17,21);1H. The lowest BCUT2D eigenvalue weighted by atomic mass is 10.1. The van der Waals surface area contributed by atoms with Crippen LogP contribution in [0.15, 0.2) is 24.3 Å². The zero-order valence-corrected chi connectivity index (χ0v) is 15.5. The van der Waals surface area contributed by atoms with Gasteiger partial charge in [0.25, 0.3) is 0 Å². The van der Waals surface area contributed by atoms with Crippen LogP contribution in [-0.4, -0.2) is 55.1 Å². The summed E-state index contributed by atoms with van der Waals surface area (Å²) in [7, 11) is 0. The van der Waals surface area contributed by atoms with Crippen molar-refractivity contribution < 1.29 is 9.53 Å². The molecule has 0 unspecified atom stereocenters. The van der Waals surface area contributed by atoms with Gasteiger partial charge >= 0.3 is 0 Å². The number of Topliss-reactive ketones (excluding diaryl/α,β-unsaturated/α-hetero) is 1. The van der Waals surface area contributed by atoms with Gasteiger partial charge in [0.15, 0.2) is 0 Å². The number of halogens is 2. The summed E-state index contributed by atoms with van der Waals surface area (Å²) in [6, 6.07) is 6.75. The SMILES string of the molecule is Br.O=C(C(=S)NCCCN1CCOCC1)c1ccc(Cl)cc1. The topological polar surface area (TPSA) is 41.6 Å². The average molecular weight is 408 g/mol. The molecule has 0 aliphatic carbocycles. The van der Waals surface area contributed by atoms with E-state index in [1.807, 2.05) is 0 Å². The Labute approximate surface area is 151 Å². The predicted molar refractivity (Wildman–Crippen MR) is 98.6 cm³/mol. The molecule has 0 bridgehead atoms. The molecule has 0 atom stereocenters. The maximum atomic E-state index is 12.1. The highest BCUT2D eigenvalue weighted by atomic mass is 79.9. The van der Waals surface area contributed by atoms with Crippen molar-refractivity contribution in [2.45, 2.75) is 6.42 Å². The van der Waals surface area contributed by atoms with Crippen LogP contribution in [-0.2, 0) is 4.74 Å². The van der Waals surface area contributed by atoms with Gasteiger partial charge in [-0.3, -0.25) is 9.69 Å². The first-order chi connectivity index (χ1) is 10.2. The molecular formula is C15H20BrClN2O2S. The van der Waals surface area contributed by atoms with E-state index in [0.717, 1.165) is 39.3 Å². The number of rotatable bonds is 6. The molecule has 1 aromatic carbocycles. The summed E-state index contributed by atoms with van der Waals surface area (Å²) in [4.78, 5) is 14.7. The Morgan fingerprint density at radius 3 is 2.55 bits per heavy atom. The van der Waals surface area contributed by atoms with Crippen LogP contribution >= 0.6 is 40.8 Å². The number of ether oxygens (including phenoxy) is 1. The van der Waals surface area contributed by atoms with Gasteiger partial charge in [-0.2, -0.15) is 0 Å². The molecule has 22 heavy (non-hydrogen) atoms. The van der Waals surface area contributed by atoms with Crippen LogP contribution in [0.1, 0.15) is 16.8 Å². The second-order valence-corrected chi connectivity index (χ2v) is 5.74. The molecule has 1 saturated heterocycles. The number of benzene rings is 1. The van der Waals surface area contributed by atoms with Gasteiger partial charge in [-0.05, 0) is 37.2 Å². The van der Waals surface area contributed by atoms with Crippen LogP contribution < -0.4 is 5.32 Å². The summed E-state index contributed by atoms with van der Waals surface area (Å²) in [6.45, 7) is 5.27. The van der Waals surface area contributed by atoms with E-state index in [2.05, 4.69) is 10.2 Å². The molecule has 0 aromatic heterocycles. The number of hydrogen-bond donors (Lipinski definition) is 1. The van der Waals surface area contributed by atoms with E-state index in [9.17, 15) is 4.79 Å². The number of carbonyl (C=O) groups excluding carboxylic acids is 1. The van der Waals surface area contributed by atoms with Gasteiger partial charge in [-0.15, -0.1) is 17.0 Å². The zero-order chi connectivity index (χ0) is 15.1. The largest absolute Gasteiger partial charge is 0.379 e. The summed E-state index contributed by atoms with van der Waals surface area (Å²) >= 11 is 10.9. The van der Waals surface area contributed by atoms with Gasteiger partial charge in [0.1, 0.15) is 4.99 Å². The Morgan fingerprint density at radius 2 is 1.91 bits per heavy atom.